The third-order valence-electron chi connectivity index (χ3n) is 4.29. The molecule has 10 heteroatoms. The van der Waals surface area contributed by atoms with Gasteiger partial charge >= 0.3 is 0 Å². The number of tetrazole rings is 1. The molecular weight excluding hydrogens is 366 g/mol. The first-order chi connectivity index (χ1) is 12.9. The summed E-state index contributed by atoms with van der Waals surface area (Å²) in [4.78, 5) is 19.1. The quantitative estimate of drug-likeness (QED) is 0.754. The molecule has 0 bridgehead atoms. The summed E-state index contributed by atoms with van der Waals surface area (Å²) in [6.45, 7) is 11.1. The van der Waals surface area contributed by atoms with Crippen molar-refractivity contribution in [3.63, 3.8) is 0 Å². The summed E-state index contributed by atoms with van der Waals surface area (Å²) in [6.07, 6.45) is 0.352. The van der Waals surface area contributed by atoms with Gasteiger partial charge < -0.3 is 10.1 Å². The molecule has 148 valence electrons. The van der Waals surface area contributed by atoms with E-state index in [0.717, 1.165) is 23.8 Å². The number of carbonyl (C=O) groups excluding carboxylic acids is 1. The van der Waals surface area contributed by atoms with Crippen molar-refractivity contribution in [3.05, 3.63) is 21.9 Å². The molecule has 0 saturated carbocycles. The van der Waals surface area contributed by atoms with Gasteiger partial charge in [0.1, 0.15) is 6.54 Å². The van der Waals surface area contributed by atoms with Crippen LogP contribution in [0.25, 0.3) is 0 Å². The second-order valence-electron chi connectivity index (χ2n) is 7.31. The van der Waals surface area contributed by atoms with Crippen molar-refractivity contribution >= 4 is 17.2 Å². The molecule has 3 heterocycles. The Labute approximate surface area is 163 Å². The van der Waals surface area contributed by atoms with E-state index >= 15 is 0 Å². The second-order valence-corrected chi connectivity index (χ2v) is 8.20. The Bertz CT molecular complexity index is 750. The van der Waals surface area contributed by atoms with Crippen LogP contribution in [0.15, 0.2) is 5.38 Å². The van der Waals surface area contributed by atoms with Crippen molar-refractivity contribution in [2.45, 2.75) is 65.5 Å². The molecule has 1 saturated heterocycles. The Morgan fingerprint density at radius 3 is 2.78 bits per heavy atom. The summed E-state index contributed by atoms with van der Waals surface area (Å²) in [5.74, 6) is 0.947. The van der Waals surface area contributed by atoms with Crippen LogP contribution < -0.4 is 5.32 Å². The topological polar surface area (TPSA) is 98.1 Å². The average Bonchev–Trinajstić information content (AvgIpc) is 3.22. The van der Waals surface area contributed by atoms with Gasteiger partial charge in [-0.15, -0.1) is 16.4 Å². The summed E-state index contributed by atoms with van der Waals surface area (Å²) in [5, 5.41) is 17.7. The maximum atomic E-state index is 12.3. The third-order valence-corrected chi connectivity index (χ3v) is 5.48. The van der Waals surface area contributed by atoms with Gasteiger partial charge in [-0.1, -0.05) is 13.8 Å². The normalized spacial score (nSPS) is 20.9. The molecule has 0 spiro atoms. The molecule has 0 radical (unpaired) electrons. The van der Waals surface area contributed by atoms with Gasteiger partial charge in [0.15, 0.2) is 5.82 Å². The molecule has 2 atom stereocenters. The van der Waals surface area contributed by atoms with Crippen LogP contribution in [0.5, 0.6) is 0 Å². The number of amides is 1. The van der Waals surface area contributed by atoms with E-state index in [9.17, 15) is 4.79 Å². The lowest BCUT2D eigenvalue weighted by atomic mass is 10.2. The smallest absolute Gasteiger partial charge is 0.242 e. The highest BCUT2D eigenvalue weighted by Gasteiger charge is 2.24. The van der Waals surface area contributed by atoms with Crippen LogP contribution in [0.1, 0.15) is 50.1 Å². The van der Waals surface area contributed by atoms with Crippen LogP contribution in [0.4, 0.5) is 0 Å². The zero-order chi connectivity index (χ0) is 19.4. The summed E-state index contributed by atoms with van der Waals surface area (Å²) >= 11 is 1.62. The van der Waals surface area contributed by atoms with E-state index in [4.69, 9.17) is 4.74 Å². The number of carbonyl (C=O) groups is 1. The van der Waals surface area contributed by atoms with Crippen LogP contribution in [0, 0.1) is 0 Å². The van der Waals surface area contributed by atoms with E-state index in [1.165, 1.54) is 0 Å². The number of hydrogen-bond acceptors (Lipinski definition) is 8. The molecule has 1 fully saturated rings. The Morgan fingerprint density at radius 1 is 1.37 bits per heavy atom. The molecule has 9 nitrogen and oxygen atoms in total. The number of morpholine rings is 1. The molecule has 1 amide bonds. The molecule has 2 aromatic heterocycles. The second kappa shape index (κ2) is 8.85. The van der Waals surface area contributed by atoms with Crippen molar-refractivity contribution in [3.8, 4) is 0 Å². The number of hydrogen-bond donors (Lipinski definition) is 1. The van der Waals surface area contributed by atoms with E-state index in [1.54, 1.807) is 16.0 Å². The van der Waals surface area contributed by atoms with E-state index in [0.29, 0.717) is 24.8 Å². The maximum absolute atomic E-state index is 12.3. The summed E-state index contributed by atoms with van der Waals surface area (Å²) in [5.41, 5.74) is 0.880. The third kappa shape index (κ3) is 5.53. The van der Waals surface area contributed by atoms with E-state index in [1.807, 2.05) is 5.38 Å². The predicted molar refractivity (Wildman–Crippen MR) is 101 cm³/mol. The van der Waals surface area contributed by atoms with Gasteiger partial charge in [0.25, 0.3) is 0 Å². The summed E-state index contributed by atoms with van der Waals surface area (Å²) in [6, 6.07) is 0. The Morgan fingerprint density at radius 2 is 2.11 bits per heavy atom. The van der Waals surface area contributed by atoms with Crippen LogP contribution >= 0.6 is 11.3 Å². The molecule has 2 aromatic rings. The Hall–Kier alpha value is -1.91. The van der Waals surface area contributed by atoms with Crippen molar-refractivity contribution in [2.24, 2.45) is 0 Å². The van der Waals surface area contributed by atoms with Crippen LogP contribution in [-0.4, -0.2) is 61.3 Å². The standard InChI is InChI=1S/C17H27N7O2S/c1-11(2)17-19-14(10-27-17)5-18-16(25)9-24-15(20-21-22-24)8-23-6-12(3)26-13(4)7-23/h10-13H,5-9H2,1-4H3,(H,18,25)/t12-,13+. The van der Waals surface area contributed by atoms with Crippen molar-refractivity contribution in [2.75, 3.05) is 13.1 Å². The fraction of sp³-hybridized carbons (Fsp3) is 0.706. The van der Waals surface area contributed by atoms with Gasteiger partial charge in [-0.2, -0.15) is 0 Å². The molecule has 1 N–H and O–H groups in total. The largest absolute Gasteiger partial charge is 0.373 e. The van der Waals surface area contributed by atoms with Gasteiger partial charge in [-0.3, -0.25) is 9.69 Å². The molecule has 0 aliphatic carbocycles. The van der Waals surface area contributed by atoms with Crippen molar-refractivity contribution in [1.82, 2.24) is 35.4 Å². The molecule has 1 aliphatic rings. The van der Waals surface area contributed by atoms with E-state index in [-0.39, 0.29) is 24.7 Å². The molecular formula is C17H27N7O2S. The Balaban J connectivity index is 1.52. The molecule has 27 heavy (non-hydrogen) atoms. The number of nitrogens with zero attached hydrogens (tertiary/aromatic N) is 6. The van der Waals surface area contributed by atoms with Crippen molar-refractivity contribution < 1.29 is 9.53 Å². The molecule has 3 rings (SSSR count). The number of rotatable bonds is 7. The van der Waals surface area contributed by atoms with Gasteiger partial charge in [-0.25, -0.2) is 9.67 Å². The highest BCUT2D eigenvalue weighted by atomic mass is 32.1. The van der Waals surface area contributed by atoms with E-state index < -0.39 is 0 Å². The van der Waals surface area contributed by atoms with Gasteiger partial charge in [-0.05, 0) is 24.3 Å². The number of thiazole rings is 1. The lowest BCUT2D eigenvalue weighted by Gasteiger charge is -2.34. The maximum Gasteiger partial charge on any atom is 0.242 e. The monoisotopic (exact) mass is 393 g/mol. The van der Waals surface area contributed by atoms with Crippen LogP contribution in [-0.2, 0) is 29.2 Å². The average molecular weight is 394 g/mol. The summed E-state index contributed by atoms with van der Waals surface area (Å²) < 4.78 is 7.31. The van der Waals surface area contributed by atoms with Gasteiger partial charge in [0.2, 0.25) is 5.91 Å². The van der Waals surface area contributed by atoms with Crippen LogP contribution in [0.2, 0.25) is 0 Å². The fourth-order valence-electron chi connectivity index (χ4n) is 3.12. The SMILES string of the molecule is CC(C)c1nc(CNC(=O)Cn2nnnc2CN2C[C@@H](C)O[C@@H](C)C2)cs1. The number of aromatic nitrogens is 5. The minimum Gasteiger partial charge on any atom is -0.373 e. The highest BCUT2D eigenvalue weighted by Crippen LogP contribution is 2.19. The zero-order valence-electron chi connectivity index (χ0n) is 16.3. The first-order valence-corrected chi connectivity index (χ1v) is 10.1. The Kier molecular flexibility index (Phi) is 6.51. The molecule has 1 aliphatic heterocycles. The number of ether oxygens (including phenoxy) is 1. The zero-order valence-corrected chi connectivity index (χ0v) is 17.1. The van der Waals surface area contributed by atoms with Crippen LogP contribution in [0.3, 0.4) is 0 Å². The first kappa shape index (κ1) is 19.8. The molecule has 0 aromatic carbocycles. The van der Waals surface area contributed by atoms with E-state index in [2.05, 4.69) is 58.4 Å². The number of nitrogens with one attached hydrogen (secondary N) is 1. The van der Waals surface area contributed by atoms with Gasteiger partial charge in [0, 0.05) is 24.4 Å². The minimum atomic E-state index is -0.133. The van der Waals surface area contributed by atoms with Gasteiger partial charge in [0.05, 0.1) is 36.0 Å². The minimum absolute atomic E-state index is 0.0962. The first-order valence-electron chi connectivity index (χ1n) is 9.24. The van der Waals surface area contributed by atoms with Crippen molar-refractivity contribution in [1.29, 1.82) is 0 Å². The lowest BCUT2D eigenvalue weighted by Crippen LogP contribution is -2.45. The molecule has 0 unspecified atom stereocenters. The fourth-order valence-corrected chi connectivity index (χ4v) is 3.96. The predicted octanol–water partition coefficient (Wildman–Crippen LogP) is 1.18. The summed E-state index contributed by atoms with van der Waals surface area (Å²) in [7, 11) is 0. The lowest BCUT2D eigenvalue weighted by molar-refractivity contribution is -0.122. The highest BCUT2D eigenvalue weighted by molar-refractivity contribution is 7.09.